The van der Waals surface area contributed by atoms with Gasteiger partial charge in [-0.2, -0.15) is 9.40 Å². The number of nitrogens with one attached hydrogen (secondary N) is 2. The Morgan fingerprint density at radius 3 is 2.58 bits per heavy atom. The van der Waals surface area contributed by atoms with Crippen LogP contribution < -0.4 is 20.7 Å². The van der Waals surface area contributed by atoms with Gasteiger partial charge in [0.05, 0.1) is 28.3 Å². The summed E-state index contributed by atoms with van der Waals surface area (Å²) in [6.45, 7) is 5.81. The molecule has 6 rings (SSSR count). The SMILES string of the molecule is CCCc1nn(C)c2c(=O)[nH]c(-c3cc(S(=O)(=O)N4CCN(c5ncc(C(=O)NOC6CCCCO6)cn5)CC4)ccc3OCC)nc12. The Morgan fingerprint density at radius 1 is 1.12 bits per heavy atom. The third-order valence-corrected chi connectivity index (χ3v) is 10.1. The van der Waals surface area contributed by atoms with Gasteiger partial charge >= 0.3 is 0 Å². The second-order valence-electron chi connectivity index (χ2n) is 11.5. The number of amides is 1. The van der Waals surface area contributed by atoms with E-state index in [0.29, 0.717) is 73.1 Å². The Hall–Kier alpha value is -4.45. The highest BCUT2D eigenvalue weighted by Crippen LogP contribution is 2.32. The van der Waals surface area contributed by atoms with Crippen molar-refractivity contribution >= 4 is 32.9 Å². The number of hydrogen-bond donors (Lipinski definition) is 2. The zero-order valence-electron chi connectivity index (χ0n) is 27.1. The maximum absolute atomic E-state index is 13.9. The molecule has 2 N–H and O–H groups in total. The molecule has 3 aromatic heterocycles. The number of ether oxygens (including phenoxy) is 2. The zero-order chi connectivity index (χ0) is 33.8. The molecule has 1 unspecified atom stereocenters. The number of carbonyl (C=O) groups excluding carboxylic acids is 1. The molecule has 0 radical (unpaired) electrons. The molecule has 0 aliphatic carbocycles. The first-order valence-electron chi connectivity index (χ1n) is 16.1. The average Bonchev–Trinajstić information content (AvgIpc) is 3.43. The lowest BCUT2D eigenvalue weighted by Gasteiger charge is -2.34. The Morgan fingerprint density at radius 2 is 1.90 bits per heavy atom. The molecule has 4 aromatic rings. The standard InChI is InChI=1S/C31H39N9O7S/c1-4-8-23-26-27(38(3)36-23)30(42)35-28(34-26)22-17-21(10-11-24(22)45-5-2)48(43,44)40-14-12-39(13-15-40)31-32-18-20(19-33-31)29(41)37-47-25-9-6-7-16-46-25/h10-11,17-19,25H,4-9,12-16H2,1-3H3,(H,37,41)(H,34,35,42). The smallest absolute Gasteiger partial charge is 0.278 e. The number of aryl methyl sites for hydroxylation is 2. The molecule has 5 heterocycles. The molecule has 17 heteroatoms. The van der Waals surface area contributed by atoms with Crippen LogP contribution in [0.25, 0.3) is 22.4 Å². The van der Waals surface area contributed by atoms with Gasteiger partial charge in [-0.25, -0.2) is 33.7 Å². The number of nitrogens with zero attached hydrogens (tertiary/aromatic N) is 7. The molecule has 256 valence electrons. The predicted octanol–water partition coefficient (Wildman–Crippen LogP) is 2.16. The highest BCUT2D eigenvalue weighted by molar-refractivity contribution is 7.89. The predicted molar refractivity (Wildman–Crippen MR) is 175 cm³/mol. The van der Waals surface area contributed by atoms with Crippen molar-refractivity contribution in [3.05, 3.63) is 52.2 Å². The number of carbonyl (C=O) groups is 1. The third kappa shape index (κ3) is 6.89. The molecular formula is C31H39N9O7S. The van der Waals surface area contributed by atoms with E-state index in [-0.39, 0.29) is 34.9 Å². The van der Waals surface area contributed by atoms with Crippen LogP contribution in [0.1, 0.15) is 55.6 Å². The summed E-state index contributed by atoms with van der Waals surface area (Å²) in [6, 6.07) is 4.57. The highest BCUT2D eigenvalue weighted by atomic mass is 32.2. The summed E-state index contributed by atoms with van der Waals surface area (Å²) in [5.74, 6) is 0.494. The van der Waals surface area contributed by atoms with Crippen molar-refractivity contribution in [2.45, 2.75) is 57.1 Å². The molecule has 1 atom stereocenters. The van der Waals surface area contributed by atoms with Crippen molar-refractivity contribution < 1.29 is 27.5 Å². The number of sulfonamides is 1. The van der Waals surface area contributed by atoms with Crippen molar-refractivity contribution in [3.8, 4) is 17.1 Å². The van der Waals surface area contributed by atoms with E-state index in [2.05, 4.69) is 25.5 Å². The van der Waals surface area contributed by atoms with Crippen LogP contribution >= 0.6 is 0 Å². The summed E-state index contributed by atoms with van der Waals surface area (Å²) < 4.78 is 41.9. The fourth-order valence-electron chi connectivity index (χ4n) is 5.78. The number of anilines is 1. The second kappa shape index (κ2) is 14.3. The lowest BCUT2D eigenvalue weighted by atomic mass is 10.1. The Labute approximate surface area is 277 Å². The minimum Gasteiger partial charge on any atom is -0.493 e. The van der Waals surface area contributed by atoms with Gasteiger partial charge in [0, 0.05) is 58.6 Å². The first-order chi connectivity index (χ1) is 23.2. The monoisotopic (exact) mass is 681 g/mol. The van der Waals surface area contributed by atoms with Crippen LogP contribution in [-0.4, -0.2) is 94.0 Å². The number of piperazine rings is 1. The molecule has 0 saturated carbocycles. The van der Waals surface area contributed by atoms with Gasteiger partial charge in [-0.3, -0.25) is 14.3 Å². The van der Waals surface area contributed by atoms with Crippen molar-refractivity contribution in [3.63, 3.8) is 0 Å². The van der Waals surface area contributed by atoms with Gasteiger partial charge in [0.15, 0.2) is 11.8 Å². The molecule has 1 aromatic carbocycles. The summed E-state index contributed by atoms with van der Waals surface area (Å²) in [5.41, 5.74) is 4.11. The van der Waals surface area contributed by atoms with Gasteiger partial charge in [-0.05, 0) is 44.4 Å². The van der Waals surface area contributed by atoms with Gasteiger partial charge in [0.25, 0.3) is 11.5 Å². The van der Waals surface area contributed by atoms with Crippen molar-refractivity contribution in [1.82, 2.24) is 39.5 Å². The summed E-state index contributed by atoms with van der Waals surface area (Å²) in [5, 5.41) is 4.48. The molecule has 2 fully saturated rings. The number of hydrogen-bond acceptors (Lipinski definition) is 12. The van der Waals surface area contributed by atoms with Crippen LogP contribution in [0.15, 0.2) is 40.3 Å². The van der Waals surface area contributed by atoms with Crippen molar-refractivity contribution in [2.24, 2.45) is 7.05 Å². The van der Waals surface area contributed by atoms with Gasteiger partial charge in [-0.15, -0.1) is 0 Å². The van der Waals surface area contributed by atoms with E-state index < -0.39 is 22.2 Å². The molecule has 2 saturated heterocycles. The van der Waals surface area contributed by atoms with E-state index in [1.54, 1.807) is 13.1 Å². The minimum absolute atomic E-state index is 0.0459. The molecule has 0 bridgehead atoms. The van der Waals surface area contributed by atoms with Crippen LogP contribution in [0, 0.1) is 0 Å². The van der Waals surface area contributed by atoms with Gasteiger partial charge in [0.1, 0.15) is 17.1 Å². The first kappa shape index (κ1) is 33.5. The first-order valence-corrected chi connectivity index (χ1v) is 17.5. The molecule has 16 nitrogen and oxygen atoms in total. The molecule has 48 heavy (non-hydrogen) atoms. The minimum atomic E-state index is -3.93. The summed E-state index contributed by atoms with van der Waals surface area (Å²) in [7, 11) is -2.24. The lowest BCUT2D eigenvalue weighted by Crippen LogP contribution is -2.49. The maximum atomic E-state index is 13.9. The number of fused-ring (bicyclic) bond motifs is 1. The van der Waals surface area contributed by atoms with Crippen LogP contribution in [0.3, 0.4) is 0 Å². The van der Waals surface area contributed by atoms with Gasteiger partial charge in [-0.1, -0.05) is 13.3 Å². The normalized spacial score (nSPS) is 17.5. The van der Waals surface area contributed by atoms with Crippen LogP contribution in [-0.2, 0) is 33.1 Å². The van der Waals surface area contributed by atoms with Crippen LogP contribution in [0.4, 0.5) is 5.95 Å². The Bertz CT molecular complexity index is 1930. The van der Waals surface area contributed by atoms with E-state index in [1.165, 1.54) is 33.5 Å². The van der Waals surface area contributed by atoms with E-state index >= 15 is 0 Å². The fraction of sp³-hybridized carbons (Fsp3) is 0.484. The molecule has 2 aliphatic heterocycles. The summed E-state index contributed by atoms with van der Waals surface area (Å²) >= 11 is 0. The van der Waals surface area contributed by atoms with Crippen molar-refractivity contribution in [2.75, 3.05) is 44.3 Å². The maximum Gasteiger partial charge on any atom is 0.278 e. The second-order valence-corrected chi connectivity index (χ2v) is 13.5. The van der Waals surface area contributed by atoms with E-state index in [0.717, 1.165) is 19.3 Å². The number of benzene rings is 1. The molecule has 2 aliphatic rings. The summed E-state index contributed by atoms with van der Waals surface area (Å²) in [4.78, 5) is 49.0. The summed E-state index contributed by atoms with van der Waals surface area (Å²) in [6.07, 6.45) is 6.44. The third-order valence-electron chi connectivity index (χ3n) is 8.24. The van der Waals surface area contributed by atoms with Crippen LogP contribution in [0.2, 0.25) is 0 Å². The zero-order valence-corrected chi connectivity index (χ0v) is 28.0. The fourth-order valence-corrected chi connectivity index (χ4v) is 7.23. The Balaban J connectivity index is 1.16. The number of H-pyrrole nitrogens is 1. The highest BCUT2D eigenvalue weighted by Gasteiger charge is 2.31. The van der Waals surface area contributed by atoms with Crippen molar-refractivity contribution in [1.29, 1.82) is 0 Å². The van der Waals surface area contributed by atoms with E-state index in [9.17, 15) is 18.0 Å². The van der Waals surface area contributed by atoms with Crippen LogP contribution in [0.5, 0.6) is 5.75 Å². The van der Waals surface area contributed by atoms with Gasteiger partial charge in [0.2, 0.25) is 16.0 Å². The Kier molecular flexibility index (Phi) is 10.00. The topological polar surface area (TPSA) is 187 Å². The van der Waals surface area contributed by atoms with E-state index in [1.807, 2.05) is 18.7 Å². The quantitative estimate of drug-likeness (QED) is 0.220. The molecule has 1 amide bonds. The lowest BCUT2D eigenvalue weighted by molar-refractivity contribution is -0.186. The number of rotatable bonds is 11. The largest absolute Gasteiger partial charge is 0.493 e. The van der Waals surface area contributed by atoms with Gasteiger partial charge < -0.3 is 19.4 Å². The number of hydroxylamine groups is 1. The van der Waals surface area contributed by atoms with E-state index in [4.69, 9.17) is 19.3 Å². The molecular weight excluding hydrogens is 642 g/mol. The molecule has 0 spiro atoms. The average molecular weight is 682 g/mol. The number of aromatic amines is 1. The number of aromatic nitrogens is 6.